The number of methoxy groups -OCH3 is 1. The molecular formula is C14H19ClN2O. The molecule has 2 aliphatic rings. The number of hydrogen-bond donors (Lipinski definition) is 1. The van der Waals surface area contributed by atoms with Crippen molar-refractivity contribution in [3.8, 4) is 5.75 Å². The highest BCUT2D eigenvalue weighted by Crippen LogP contribution is 2.41. The lowest BCUT2D eigenvalue weighted by molar-refractivity contribution is 0.368. The van der Waals surface area contributed by atoms with Crippen molar-refractivity contribution in [2.75, 3.05) is 38.2 Å². The van der Waals surface area contributed by atoms with Crippen LogP contribution in [0.2, 0.25) is 5.02 Å². The van der Waals surface area contributed by atoms with E-state index in [1.54, 1.807) is 7.11 Å². The van der Waals surface area contributed by atoms with Crippen molar-refractivity contribution in [3.05, 3.63) is 23.2 Å². The monoisotopic (exact) mass is 266 g/mol. The van der Waals surface area contributed by atoms with Gasteiger partial charge in [-0.25, -0.2) is 0 Å². The first kappa shape index (κ1) is 12.1. The van der Waals surface area contributed by atoms with E-state index in [0.717, 1.165) is 42.6 Å². The lowest BCUT2D eigenvalue weighted by Crippen LogP contribution is -2.29. The van der Waals surface area contributed by atoms with Crippen LogP contribution < -0.4 is 15.0 Å². The van der Waals surface area contributed by atoms with Gasteiger partial charge in [0.2, 0.25) is 0 Å². The number of anilines is 1. The summed E-state index contributed by atoms with van der Waals surface area (Å²) in [5.74, 6) is 0.919. The summed E-state index contributed by atoms with van der Waals surface area (Å²) in [4.78, 5) is 2.41. The van der Waals surface area contributed by atoms with Gasteiger partial charge in [0.05, 0.1) is 12.8 Å². The minimum Gasteiger partial charge on any atom is -0.495 e. The summed E-state index contributed by atoms with van der Waals surface area (Å²) in [6.45, 7) is 4.50. The fourth-order valence-electron chi connectivity index (χ4n) is 3.19. The maximum absolute atomic E-state index is 6.11. The number of rotatable bonds is 2. The average Bonchev–Trinajstić information content (AvgIpc) is 3.00. The molecule has 0 aliphatic carbocycles. The molecule has 0 bridgehead atoms. The summed E-state index contributed by atoms with van der Waals surface area (Å²) in [6.07, 6.45) is 2.54. The number of halogens is 1. The van der Waals surface area contributed by atoms with Gasteiger partial charge in [-0.2, -0.15) is 0 Å². The van der Waals surface area contributed by atoms with Gasteiger partial charge >= 0.3 is 0 Å². The third-order valence-corrected chi connectivity index (χ3v) is 4.49. The Morgan fingerprint density at radius 2 is 2.28 bits per heavy atom. The molecule has 1 atom stereocenters. The second-order valence-corrected chi connectivity index (χ2v) is 5.85. The normalized spacial score (nSPS) is 27.1. The Balaban J connectivity index is 1.85. The largest absolute Gasteiger partial charge is 0.495 e. The van der Waals surface area contributed by atoms with E-state index >= 15 is 0 Å². The van der Waals surface area contributed by atoms with Gasteiger partial charge in [0.15, 0.2) is 0 Å². The molecule has 3 nitrogen and oxygen atoms in total. The number of ether oxygens (including phenoxy) is 1. The molecule has 3 rings (SSSR count). The predicted octanol–water partition coefficient (Wildman–Crippen LogP) is 2.54. The highest BCUT2D eigenvalue weighted by molar-refractivity contribution is 6.30. The highest BCUT2D eigenvalue weighted by Gasteiger charge is 2.40. The van der Waals surface area contributed by atoms with Crippen LogP contribution in [0.1, 0.15) is 12.8 Å². The third kappa shape index (κ3) is 2.06. The number of nitrogens with zero attached hydrogens (tertiary/aromatic N) is 1. The maximum atomic E-state index is 6.11. The molecule has 98 valence electrons. The molecule has 1 aromatic rings. The maximum Gasteiger partial charge on any atom is 0.142 e. The molecule has 0 aromatic heterocycles. The van der Waals surface area contributed by atoms with E-state index in [0.29, 0.717) is 5.41 Å². The van der Waals surface area contributed by atoms with Crippen molar-refractivity contribution in [2.24, 2.45) is 5.41 Å². The Labute approximate surface area is 113 Å². The molecule has 1 unspecified atom stereocenters. The van der Waals surface area contributed by atoms with Crippen molar-refractivity contribution < 1.29 is 4.74 Å². The zero-order valence-corrected chi connectivity index (χ0v) is 11.5. The van der Waals surface area contributed by atoms with Gasteiger partial charge in [0, 0.05) is 30.1 Å². The first-order chi connectivity index (χ1) is 8.72. The molecule has 0 saturated carbocycles. The van der Waals surface area contributed by atoms with Crippen LogP contribution in [-0.2, 0) is 0 Å². The van der Waals surface area contributed by atoms with Crippen molar-refractivity contribution >= 4 is 17.3 Å². The third-order valence-electron chi connectivity index (χ3n) is 4.25. The van der Waals surface area contributed by atoms with Crippen LogP contribution in [0.3, 0.4) is 0 Å². The van der Waals surface area contributed by atoms with Crippen LogP contribution in [0.15, 0.2) is 18.2 Å². The summed E-state index contributed by atoms with van der Waals surface area (Å²) in [7, 11) is 1.72. The Kier molecular flexibility index (Phi) is 3.12. The molecule has 1 spiro atoms. The minimum absolute atomic E-state index is 0.466. The van der Waals surface area contributed by atoms with Gasteiger partial charge in [-0.05, 0) is 37.6 Å². The van der Waals surface area contributed by atoms with Crippen molar-refractivity contribution in [1.29, 1.82) is 0 Å². The molecule has 4 heteroatoms. The van der Waals surface area contributed by atoms with E-state index < -0.39 is 0 Å². The fourth-order valence-corrected chi connectivity index (χ4v) is 3.36. The summed E-state index contributed by atoms with van der Waals surface area (Å²) < 4.78 is 5.45. The predicted molar refractivity (Wildman–Crippen MR) is 74.8 cm³/mol. The molecule has 2 heterocycles. The van der Waals surface area contributed by atoms with Gasteiger partial charge in [-0.15, -0.1) is 0 Å². The van der Waals surface area contributed by atoms with Crippen LogP contribution in [0.4, 0.5) is 5.69 Å². The van der Waals surface area contributed by atoms with E-state index in [1.165, 1.54) is 12.8 Å². The Morgan fingerprint density at radius 3 is 3.00 bits per heavy atom. The topological polar surface area (TPSA) is 24.5 Å². The highest BCUT2D eigenvalue weighted by atomic mass is 35.5. The van der Waals surface area contributed by atoms with Gasteiger partial charge in [0.25, 0.3) is 0 Å². The SMILES string of the molecule is COc1ccc(Cl)cc1N1CCC2(CCNC2)C1. The molecule has 1 N–H and O–H groups in total. The summed E-state index contributed by atoms with van der Waals surface area (Å²) in [5.41, 5.74) is 1.60. The van der Waals surface area contributed by atoms with Crippen LogP contribution in [-0.4, -0.2) is 33.3 Å². The quantitative estimate of drug-likeness (QED) is 0.890. The Bertz CT molecular complexity index is 443. The van der Waals surface area contributed by atoms with Crippen molar-refractivity contribution in [3.63, 3.8) is 0 Å². The summed E-state index contributed by atoms with van der Waals surface area (Å²) in [5, 5.41) is 4.26. The van der Waals surface area contributed by atoms with Crippen LogP contribution in [0.25, 0.3) is 0 Å². The lowest BCUT2D eigenvalue weighted by atomic mass is 9.86. The molecule has 2 saturated heterocycles. The summed E-state index contributed by atoms with van der Waals surface area (Å²) >= 11 is 6.11. The first-order valence-electron chi connectivity index (χ1n) is 6.52. The zero-order chi connectivity index (χ0) is 12.6. The molecule has 2 fully saturated rings. The average molecular weight is 267 g/mol. The van der Waals surface area contributed by atoms with Crippen LogP contribution in [0, 0.1) is 5.41 Å². The standard InChI is InChI=1S/C14H19ClN2O/c1-18-13-3-2-11(15)8-12(13)17-7-5-14(10-17)4-6-16-9-14/h2-3,8,16H,4-7,9-10H2,1H3. The zero-order valence-electron chi connectivity index (χ0n) is 10.7. The van der Waals surface area contributed by atoms with Crippen molar-refractivity contribution in [1.82, 2.24) is 5.32 Å². The molecular weight excluding hydrogens is 248 g/mol. The van der Waals surface area contributed by atoms with Crippen LogP contribution in [0.5, 0.6) is 5.75 Å². The van der Waals surface area contributed by atoms with E-state index in [2.05, 4.69) is 10.2 Å². The van der Waals surface area contributed by atoms with Crippen LogP contribution >= 0.6 is 11.6 Å². The van der Waals surface area contributed by atoms with Gasteiger partial charge in [-0.1, -0.05) is 11.6 Å². The lowest BCUT2D eigenvalue weighted by Gasteiger charge is -2.25. The Hall–Kier alpha value is -0.930. The number of benzene rings is 1. The number of nitrogens with one attached hydrogen (secondary N) is 1. The first-order valence-corrected chi connectivity index (χ1v) is 6.89. The number of hydrogen-bond acceptors (Lipinski definition) is 3. The second-order valence-electron chi connectivity index (χ2n) is 5.41. The van der Waals surface area contributed by atoms with E-state index in [1.807, 2.05) is 18.2 Å². The smallest absolute Gasteiger partial charge is 0.142 e. The van der Waals surface area contributed by atoms with Gasteiger partial charge < -0.3 is 15.0 Å². The summed E-state index contributed by atoms with van der Waals surface area (Å²) in [6, 6.07) is 5.85. The van der Waals surface area contributed by atoms with E-state index in [9.17, 15) is 0 Å². The van der Waals surface area contributed by atoms with Gasteiger partial charge in [-0.3, -0.25) is 0 Å². The van der Waals surface area contributed by atoms with E-state index in [4.69, 9.17) is 16.3 Å². The fraction of sp³-hybridized carbons (Fsp3) is 0.571. The Morgan fingerprint density at radius 1 is 1.39 bits per heavy atom. The minimum atomic E-state index is 0.466. The van der Waals surface area contributed by atoms with Crippen molar-refractivity contribution in [2.45, 2.75) is 12.8 Å². The van der Waals surface area contributed by atoms with Gasteiger partial charge in [0.1, 0.15) is 5.75 Å². The molecule has 1 aromatic carbocycles. The van der Waals surface area contributed by atoms with E-state index in [-0.39, 0.29) is 0 Å². The molecule has 0 amide bonds. The second kappa shape index (κ2) is 4.63. The molecule has 2 aliphatic heterocycles. The molecule has 0 radical (unpaired) electrons. The molecule has 18 heavy (non-hydrogen) atoms.